The van der Waals surface area contributed by atoms with E-state index in [1.807, 2.05) is 0 Å². The number of methoxy groups -OCH3 is 1. The molecule has 122 valence electrons. The minimum Gasteiger partial charge on any atom is -0.383 e. The van der Waals surface area contributed by atoms with Crippen LogP contribution in [0.5, 0.6) is 0 Å². The molecule has 2 rings (SSSR count). The monoisotopic (exact) mass is 328 g/mol. The van der Waals surface area contributed by atoms with Crippen molar-refractivity contribution in [1.29, 1.82) is 0 Å². The van der Waals surface area contributed by atoms with Gasteiger partial charge in [0.1, 0.15) is 5.82 Å². The van der Waals surface area contributed by atoms with Crippen molar-refractivity contribution in [3.05, 3.63) is 34.6 Å². The third-order valence-corrected chi connectivity index (χ3v) is 4.05. The van der Waals surface area contributed by atoms with Crippen LogP contribution < -0.4 is 5.32 Å². The molecule has 6 heteroatoms. The van der Waals surface area contributed by atoms with Gasteiger partial charge in [-0.15, -0.1) is 0 Å². The maximum atomic E-state index is 13.1. The van der Waals surface area contributed by atoms with Crippen LogP contribution in [0.2, 0.25) is 5.02 Å². The largest absolute Gasteiger partial charge is 0.383 e. The molecule has 1 N–H and O–H groups in total. The first kappa shape index (κ1) is 17.2. The van der Waals surface area contributed by atoms with Crippen molar-refractivity contribution in [2.45, 2.75) is 19.4 Å². The Kier molecular flexibility index (Phi) is 6.61. The van der Waals surface area contributed by atoms with E-state index < -0.39 is 0 Å². The van der Waals surface area contributed by atoms with Gasteiger partial charge in [0.05, 0.1) is 13.2 Å². The topological polar surface area (TPSA) is 41.6 Å². The summed E-state index contributed by atoms with van der Waals surface area (Å²) < 4.78 is 18.2. The van der Waals surface area contributed by atoms with Gasteiger partial charge in [0, 0.05) is 25.2 Å². The van der Waals surface area contributed by atoms with Gasteiger partial charge in [-0.1, -0.05) is 17.7 Å². The predicted molar refractivity (Wildman–Crippen MR) is 84.3 cm³/mol. The molecule has 0 spiro atoms. The summed E-state index contributed by atoms with van der Waals surface area (Å²) in [7, 11) is 1.60. The van der Waals surface area contributed by atoms with Gasteiger partial charge in [-0.3, -0.25) is 4.79 Å². The van der Waals surface area contributed by atoms with Crippen molar-refractivity contribution in [2.24, 2.45) is 5.92 Å². The molecule has 0 radical (unpaired) electrons. The molecule has 0 unspecified atom stereocenters. The lowest BCUT2D eigenvalue weighted by Gasteiger charge is -2.23. The lowest BCUT2D eigenvalue weighted by Crippen LogP contribution is -2.40. The van der Waals surface area contributed by atoms with Crippen molar-refractivity contribution >= 4 is 17.5 Å². The number of nitrogens with zero attached hydrogens (tertiary/aromatic N) is 1. The van der Waals surface area contributed by atoms with Crippen molar-refractivity contribution in [3.63, 3.8) is 0 Å². The number of nitrogens with one attached hydrogen (secondary N) is 1. The van der Waals surface area contributed by atoms with Gasteiger partial charge < -0.3 is 15.0 Å². The van der Waals surface area contributed by atoms with Crippen molar-refractivity contribution in [3.8, 4) is 0 Å². The predicted octanol–water partition coefficient (Wildman–Crippen LogP) is 2.45. The van der Waals surface area contributed by atoms with Crippen LogP contribution in [-0.2, 0) is 16.1 Å². The highest BCUT2D eigenvalue weighted by Gasteiger charge is 2.21. The second-order valence-electron chi connectivity index (χ2n) is 5.62. The molecule has 1 saturated carbocycles. The zero-order valence-corrected chi connectivity index (χ0v) is 13.5. The highest BCUT2D eigenvalue weighted by Crippen LogP contribution is 2.27. The molecule has 0 aromatic heterocycles. The summed E-state index contributed by atoms with van der Waals surface area (Å²) in [4.78, 5) is 14.0. The van der Waals surface area contributed by atoms with Crippen LogP contribution >= 0.6 is 11.6 Å². The Balaban J connectivity index is 1.92. The van der Waals surface area contributed by atoms with Crippen LogP contribution in [0.15, 0.2) is 18.2 Å². The minimum atomic E-state index is -0.380. The van der Waals surface area contributed by atoms with E-state index in [0.717, 1.165) is 18.0 Å². The third kappa shape index (κ3) is 5.55. The quantitative estimate of drug-likeness (QED) is 0.757. The average Bonchev–Trinajstić information content (AvgIpc) is 3.29. The molecule has 1 aliphatic carbocycles. The summed E-state index contributed by atoms with van der Waals surface area (Å²) in [6.45, 7) is 2.48. The summed E-state index contributed by atoms with van der Waals surface area (Å²) in [6.07, 6.45) is 2.50. The molecule has 1 aromatic rings. The number of hydrogen-bond acceptors (Lipinski definition) is 3. The first-order chi connectivity index (χ1) is 10.6. The molecule has 0 aliphatic heterocycles. The van der Waals surface area contributed by atoms with Crippen molar-refractivity contribution in [1.82, 2.24) is 10.2 Å². The maximum Gasteiger partial charge on any atom is 0.236 e. The molecule has 1 amide bonds. The van der Waals surface area contributed by atoms with Gasteiger partial charge in [0.15, 0.2) is 0 Å². The van der Waals surface area contributed by atoms with Gasteiger partial charge in [-0.25, -0.2) is 4.39 Å². The zero-order chi connectivity index (χ0) is 15.9. The number of carbonyl (C=O) groups is 1. The number of carbonyl (C=O) groups excluding carboxylic acids is 1. The highest BCUT2D eigenvalue weighted by atomic mass is 35.5. The molecule has 0 saturated heterocycles. The van der Waals surface area contributed by atoms with E-state index >= 15 is 0 Å². The average molecular weight is 329 g/mol. The maximum absolute atomic E-state index is 13.1. The summed E-state index contributed by atoms with van der Waals surface area (Å²) in [5, 5.41) is 3.52. The molecule has 1 aromatic carbocycles. The van der Waals surface area contributed by atoms with Crippen LogP contribution in [0.4, 0.5) is 4.39 Å². The first-order valence-electron chi connectivity index (χ1n) is 7.51. The molecule has 22 heavy (non-hydrogen) atoms. The fraction of sp³-hybridized carbons (Fsp3) is 0.562. The first-order valence-corrected chi connectivity index (χ1v) is 7.89. The van der Waals surface area contributed by atoms with Crippen LogP contribution in [0.25, 0.3) is 0 Å². The highest BCUT2D eigenvalue weighted by molar-refractivity contribution is 6.31. The Bertz CT molecular complexity index is 509. The van der Waals surface area contributed by atoms with E-state index in [-0.39, 0.29) is 11.7 Å². The van der Waals surface area contributed by atoms with Gasteiger partial charge in [0.2, 0.25) is 5.91 Å². The molecule has 1 fully saturated rings. The van der Waals surface area contributed by atoms with E-state index in [1.165, 1.54) is 25.0 Å². The lowest BCUT2D eigenvalue weighted by molar-refractivity contribution is -0.131. The molecule has 4 nitrogen and oxygen atoms in total. The molecule has 0 atom stereocenters. The summed E-state index contributed by atoms with van der Waals surface area (Å²) in [6, 6.07) is 4.23. The fourth-order valence-electron chi connectivity index (χ4n) is 2.17. The molecular formula is C16H22ClFN2O2. The number of hydrogen-bond donors (Lipinski definition) is 1. The van der Waals surface area contributed by atoms with E-state index in [9.17, 15) is 9.18 Å². The number of ether oxygens (including phenoxy) is 1. The Labute approximate surface area is 135 Å². The lowest BCUT2D eigenvalue weighted by atomic mass is 10.2. The number of amides is 1. The molecular weight excluding hydrogens is 307 g/mol. The second-order valence-corrected chi connectivity index (χ2v) is 6.03. The number of rotatable bonds is 9. The van der Waals surface area contributed by atoms with Crippen LogP contribution in [0.3, 0.4) is 0 Å². The third-order valence-electron chi connectivity index (χ3n) is 3.70. The Hall–Kier alpha value is -1.17. The smallest absolute Gasteiger partial charge is 0.236 e. The number of benzene rings is 1. The van der Waals surface area contributed by atoms with E-state index in [0.29, 0.717) is 31.3 Å². The zero-order valence-electron chi connectivity index (χ0n) is 12.8. The second kappa shape index (κ2) is 8.46. The SMILES string of the molecule is COCCN(Cc1ccc(F)cc1Cl)C(=O)CNCC1CC1. The summed E-state index contributed by atoms with van der Waals surface area (Å²) >= 11 is 6.04. The summed E-state index contributed by atoms with van der Waals surface area (Å²) in [5.74, 6) is 0.347. The number of halogens is 2. The Morgan fingerprint density at radius 3 is 2.91 bits per heavy atom. The fourth-order valence-corrected chi connectivity index (χ4v) is 2.39. The van der Waals surface area contributed by atoms with E-state index in [2.05, 4.69) is 5.32 Å². The van der Waals surface area contributed by atoms with Gasteiger partial charge in [0.25, 0.3) is 0 Å². The van der Waals surface area contributed by atoms with Gasteiger partial charge in [-0.2, -0.15) is 0 Å². The van der Waals surface area contributed by atoms with Crippen LogP contribution in [-0.4, -0.2) is 44.2 Å². The molecule has 0 heterocycles. The normalized spacial score (nSPS) is 14.1. The minimum absolute atomic E-state index is 0.00177. The van der Waals surface area contributed by atoms with E-state index in [4.69, 9.17) is 16.3 Å². The van der Waals surface area contributed by atoms with Crippen LogP contribution in [0.1, 0.15) is 18.4 Å². The van der Waals surface area contributed by atoms with Crippen molar-refractivity contribution < 1.29 is 13.9 Å². The Morgan fingerprint density at radius 2 is 2.27 bits per heavy atom. The van der Waals surface area contributed by atoms with Gasteiger partial charge in [-0.05, 0) is 43.0 Å². The Morgan fingerprint density at radius 1 is 1.50 bits per heavy atom. The van der Waals surface area contributed by atoms with Crippen LogP contribution in [0, 0.1) is 11.7 Å². The standard InChI is InChI=1S/C16H22ClFN2O2/c1-22-7-6-20(16(21)10-19-9-12-2-3-12)11-13-4-5-14(18)8-15(13)17/h4-5,8,12,19H,2-3,6-7,9-11H2,1H3. The van der Waals surface area contributed by atoms with E-state index in [1.54, 1.807) is 18.1 Å². The molecule has 1 aliphatic rings. The molecule has 0 bridgehead atoms. The van der Waals surface area contributed by atoms with Gasteiger partial charge >= 0.3 is 0 Å². The summed E-state index contributed by atoms with van der Waals surface area (Å²) in [5.41, 5.74) is 0.731. The van der Waals surface area contributed by atoms with Crippen molar-refractivity contribution in [2.75, 3.05) is 33.4 Å².